The van der Waals surface area contributed by atoms with Crippen LogP contribution in [-0.2, 0) is 11.2 Å². The van der Waals surface area contributed by atoms with E-state index in [-0.39, 0.29) is 11.9 Å². The molecule has 1 unspecified atom stereocenters. The largest absolute Gasteiger partial charge is 0.347 e. The normalized spacial score (nSPS) is 11.6. The van der Waals surface area contributed by atoms with Gasteiger partial charge in [-0.1, -0.05) is 12.1 Å². The molecule has 0 aliphatic rings. The molecule has 0 saturated heterocycles. The molecule has 2 rings (SSSR count). The summed E-state index contributed by atoms with van der Waals surface area (Å²) in [6.07, 6.45) is 0.625. The Kier molecular flexibility index (Phi) is 4.21. The summed E-state index contributed by atoms with van der Waals surface area (Å²) >= 11 is 1.41. The highest BCUT2D eigenvalue weighted by Gasteiger charge is 2.16. The average Bonchev–Trinajstić information content (AvgIpc) is 2.92. The molecule has 6 heteroatoms. The molecule has 5 nitrogen and oxygen atoms in total. The molecule has 0 radical (unpaired) electrons. The fourth-order valence-electron chi connectivity index (χ4n) is 1.73. The fraction of sp³-hybridized carbons (Fsp3) is 0.231. The van der Waals surface area contributed by atoms with Gasteiger partial charge in [0.25, 0.3) is 0 Å². The quantitative estimate of drug-likeness (QED) is 0.921. The SMILES string of the molecule is CC(=O)NC(Cc1ccc(C#N)cc1)c1nncs1. The molecule has 1 aromatic heterocycles. The molecule has 1 atom stereocenters. The molecular weight excluding hydrogens is 260 g/mol. The molecule has 0 aliphatic heterocycles. The Labute approximate surface area is 114 Å². The van der Waals surface area contributed by atoms with E-state index in [1.54, 1.807) is 17.6 Å². The van der Waals surface area contributed by atoms with Gasteiger partial charge in [0.1, 0.15) is 10.5 Å². The van der Waals surface area contributed by atoms with Crippen LogP contribution in [-0.4, -0.2) is 16.1 Å². The highest BCUT2D eigenvalue weighted by atomic mass is 32.1. The van der Waals surface area contributed by atoms with Crippen LogP contribution in [0.4, 0.5) is 0 Å². The van der Waals surface area contributed by atoms with E-state index in [0.717, 1.165) is 10.6 Å². The number of carbonyl (C=O) groups is 1. The maximum Gasteiger partial charge on any atom is 0.217 e. The van der Waals surface area contributed by atoms with Crippen molar-refractivity contribution < 1.29 is 4.79 Å². The van der Waals surface area contributed by atoms with Crippen LogP contribution in [0.2, 0.25) is 0 Å². The first-order chi connectivity index (χ1) is 9.19. The summed E-state index contributed by atoms with van der Waals surface area (Å²) in [6.45, 7) is 1.48. The number of hydrogen-bond acceptors (Lipinski definition) is 5. The fourth-order valence-corrected chi connectivity index (χ4v) is 2.33. The van der Waals surface area contributed by atoms with Crippen molar-refractivity contribution in [3.8, 4) is 6.07 Å². The van der Waals surface area contributed by atoms with Crippen LogP contribution in [0.3, 0.4) is 0 Å². The van der Waals surface area contributed by atoms with Gasteiger partial charge in [-0.2, -0.15) is 5.26 Å². The van der Waals surface area contributed by atoms with Crippen molar-refractivity contribution >= 4 is 17.2 Å². The third-order valence-electron chi connectivity index (χ3n) is 2.58. The van der Waals surface area contributed by atoms with Crippen LogP contribution in [0, 0.1) is 11.3 Å². The standard InChI is InChI=1S/C13H12N4OS/c1-9(18)16-12(13-17-15-8-19-13)6-10-2-4-11(7-14)5-3-10/h2-5,8,12H,6H2,1H3,(H,16,18). The Morgan fingerprint density at radius 1 is 1.47 bits per heavy atom. The minimum Gasteiger partial charge on any atom is -0.347 e. The first-order valence-corrected chi connectivity index (χ1v) is 6.59. The minimum atomic E-state index is -0.182. The van der Waals surface area contributed by atoms with Crippen molar-refractivity contribution in [1.82, 2.24) is 15.5 Å². The predicted octanol–water partition coefficient (Wildman–Crippen LogP) is 1.83. The lowest BCUT2D eigenvalue weighted by molar-refractivity contribution is -0.119. The molecule has 0 aliphatic carbocycles. The van der Waals surface area contributed by atoms with E-state index in [4.69, 9.17) is 5.26 Å². The Morgan fingerprint density at radius 2 is 2.21 bits per heavy atom. The zero-order chi connectivity index (χ0) is 13.7. The van der Waals surface area contributed by atoms with Gasteiger partial charge in [-0.05, 0) is 24.1 Å². The van der Waals surface area contributed by atoms with Gasteiger partial charge in [0.2, 0.25) is 5.91 Å². The monoisotopic (exact) mass is 272 g/mol. The summed E-state index contributed by atoms with van der Waals surface area (Å²) in [7, 11) is 0. The number of rotatable bonds is 4. The number of carbonyl (C=O) groups excluding carboxylic acids is 1. The van der Waals surface area contributed by atoms with Crippen molar-refractivity contribution in [3.05, 3.63) is 45.9 Å². The number of aromatic nitrogens is 2. The minimum absolute atomic E-state index is 0.103. The van der Waals surface area contributed by atoms with E-state index < -0.39 is 0 Å². The second-order valence-corrected chi connectivity index (χ2v) is 4.91. The molecule has 0 saturated carbocycles. The molecule has 19 heavy (non-hydrogen) atoms. The van der Waals surface area contributed by atoms with E-state index in [2.05, 4.69) is 21.6 Å². The summed E-state index contributed by atoms with van der Waals surface area (Å²) < 4.78 is 0. The number of benzene rings is 1. The van der Waals surface area contributed by atoms with Gasteiger partial charge in [0.15, 0.2) is 0 Å². The lowest BCUT2D eigenvalue weighted by Gasteiger charge is -2.14. The third kappa shape index (κ3) is 3.60. The number of nitrogens with one attached hydrogen (secondary N) is 1. The molecule has 0 bridgehead atoms. The number of nitrogens with zero attached hydrogens (tertiary/aromatic N) is 3. The van der Waals surface area contributed by atoms with Crippen LogP contribution in [0.5, 0.6) is 0 Å². The summed E-state index contributed by atoms with van der Waals surface area (Å²) in [6, 6.07) is 9.19. The van der Waals surface area contributed by atoms with Crippen molar-refractivity contribution in [3.63, 3.8) is 0 Å². The van der Waals surface area contributed by atoms with Crippen LogP contribution < -0.4 is 5.32 Å². The van der Waals surface area contributed by atoms with Gasteiger partial charge in [0, 0.05) is 6.92 Å². The van der Waals surface area contributed by atoms with Gasteiger partial charge < -0.3 is 5.32 Å². The van der Waals surface area contributed by atoms with Gasteiger partial charge in [-0.15, -0.1) is 21.5 Å². The molecule has 1 heterocycles. The Morgan fingerprint density at radius 3 is 2.74 bits per heavy atom. The van der Waals surface area contributed by atoms with E-state index in [9.17, 15) is 4.79 Å². The summed E-state index contributed by atoms with van der Waals surface area (Å²) in [5.41, 5.74) is 3.30. The second-order valence-electron chi connectivity index (χ2n) is 4.04. The van der Waals surface area contributed by atoms with Crippen LogP contribution in [0.15, 0.2) is 29.8 Å². The maximum absolute atomic E-state index is 11.2. The van der Waals surface area contributed by atoms with E-state index in [0.29, 0.717) is 12.0 Å². The molecule has 1 aromatic carbocycles. The molecule has 1 amide bonds. The highest BCUT2D eigenvalue weighted by Crippen LogP contribution is 2.19. The molecule has 96 valence electrons. The highest BCUT2D eigenvalue weighted by molar-refractivity contribution is 7.09. The summed E-state index contributed by atoms with van der Waals surface area (Å²) in [5, 5.41) is 20.2. The van der Waals surface area contributed by atoms with E-state index in [1.807, 2.05) is 12.1 Å². The zero-order valence-electron chi connectivity index (χ0n) is 10.3. The average molecular weight is 272 g/mol. The zero-order valence-corrected chi connectivity index (χ0v) is 11.1. The van der Waals surface area contributed by atoms with E-state index >= 15 is 0 Å². The van der Waals surface area contributed by atoms with Gasteiger partial charge >= 0.3 is 0 Å². The molecule has 0 spiro atoms. The molecule has 2 aromatic rings. The number of hydrogen-bond donors (Lipinski definition) is 1. The number of nitriles is 1. The van der Waals surface area contributed by atoms with Gasteiger partial charge in [0.05, 0.1) is 17.7 Å². The van der Waals surface area contributed by atoms with Gasteiger partial charge in [-0.3, -0.25) is 4.79 Å². The first-order valence-electron chi connectivity index (χ1n) is 5.71. The van der Waals surface area contributed by atoms with Crippen LogP contribution in [0.25, 0.3) is 0 Å². The predicted molar refractivity (Wildman–Crippen MR) is 71.3 cm³/mol. The lowest BCUT2D eigenvalue weighted by Crippen LogP contribution is -2.27. The van der Waals surface area contributed by atoms with Crippen LogP contribution in [0.1, 0.15) is 29.1 Å². The van der Waals surface area contributed by atoms with Crippen LogP contribution >= 0.6 is 11.3 Å². The Bertz CT molecular complexity index is 586. The maximum atomic E-state index is 11.2. The van der Waals surface area contributed by atoms with Crippen molar-refractivity contribution in [2.45, 2.75) is 19.4 Å². The summed E-state index contributed by atoms with van der Waals surface area (Å²) in [4.78, 5) is 11.2. The van der Waals surface area contributed by atoms with E-state index in [1.165, 1.54) is 18.3 Å². The Hall–Kier alpha value is -2.26. The van der Waals surface area contributed by atoms with Crippen molar-refractivity contribution in [2.24, 2.45) is 0 Å². The van der Waals surface area contributed by atoms with Crippen molar-refractivity contribution in [2.75, 3.05) is 0 Å². The molecule has 0 fully saturated rings. The smallest absolute Gasteiger partial charge is 0.217 e. The number of amides is 1. The third-order valence-corrected chi connectivity index (χ3v) is 3.38. The lowest BCUT2D eigenvalue weighted by atomic mass is 10.0. The molecule has 1 N–H and O–H groups in total. The topological polar surface area (TPSA) is 78.7 Å². The Balaban J connectivity index is 2.15. The second kappa shape index (κ2) is 6.07. The van der Waals surface area contributed by atoms with Gasteiger partial charge in [-0.25, -0.2) is 0 Å². The molecular formula is C13H12N4OS. The first kappa shape index (κ1) is 13.2. The van der Waals surface area contributed by atoms with Crippen molar-refractivity contribution in [1.29, 1.82) is 5.26 Å². The summed E-state index contributed by atoms with van der Waals surface area (Å²) in [5.74, 6) is -0.103.